The zero-order chi connectivity index (χ0) is 32.5. The number of carbonyl (C=O) groups is 1. The molecule has 6 rings (SSSR count). The van der Waals surface area contributed by atoms with Gasteiger partial charge in [0, 0.05) is 62.4 Å². The van der Waals surface area contributed by atoms with Crippen LogP contribution in [0.25, 0.3) is 22.3 Å². The van der Waals surface area contributed by atoms with Crippen molar-refractivity contribution in [3.8, 4) is 22.3 Å². The number of rotatable bonds is 6. The molecule has 2 aliphatic heterocycles. The van der Waals surface area contributed by atoms with Gasteiger partial charge in [-0.3, -0.25) is 0 Å². The lowest BCUT2D eigenvalue weighted by molar-refractivity contribution is 0.119. The molecule has 2 saturated heterocycles. The molecule has 0 atom stereocenters. The zero-order valence-electron chi connectivity index (χ0n) is 24.8. The first-order valence-electron chi connectivity index (χ1n) is 14.8. The van der Waals surface area contributed by atoms with Crippen molar-refractivity contribution in [2.45, 2.75) is 9.79 Å². The van der Waals surface area contributed by atoms with Gasteiger partial charge in [-0.1, -0.05) is 71.7 Å². The van der Waals surface area contributed by atoms with Crippen LogP contribution in [0, 0.1) is 0 Å². The molecule has 240 valence electrons. The summed E-state index contributed by atoms with van der Waals surface area (Å²) in [5.41, 5.74) is 3.63. The predicted octanol–water partition coefficient (Wildman–Crippen LogP) is 5.76. The Morgan fingerprint density at radius 2 is 0.696 bits per heavy atom. The van der Waals surface area contributed by atoms with Crippen molar-refractivity contribution in [1.82, 2.24) is 18.4 Å². The van der Waals surface area contributed by atoms with Crippen molar-refractivity contribution in [3.05, 3.63) is 107 Å². The van der Waals surface area contributed by atoms with Gasteiger partial charge in [-0.2, -0.15) is 8.61 Å². The molecular weight excluding hydrogens is 667 g/mol. The molecule has 2 amide bonds. The van der Waals surface area contributed by atoms with Crippen LogP contribution in [0.1, 0.15) is 0 Å². The summed E-state index contributed by atoms with van der Waals surface area (Å²) < 4.78 is 56.1. The van der Waals surface area contributed by atoms with Crippen LogP contribution in [0.5, 0.6) is 0 Å². The van der Waals surface area contributed by atoms with Crippen LogP contribution >= 0.6 is 23.2 Å². The fourth-order valence-electron chi connectivity index (χ4n) is 5.66. The largest absolute Gasteiger partial charge is 0.322 e. The van der Waals surface area contributed by atoms with Crippen LogP contribution in [0.15, 0.2) is 107 Å². The Morgan fingerprint density at radius 1 is 0.435 bits per heavy atom. The number of piperazine rings is 2. The molecule has 2 aliphatic rings. The fourth-order valence-corrected chi connectivity index (χ4v) is 8.76. The highest BCUT2D eigenvalue weighted by molar-refractivity contribution is 7.89. The van der Waals surface area contributed by atoms with E-state index in [9.17, 15) is 21.6 Å². The predicted molar refractivity (Wildman–Crippen MR) is 180 cm³/mol. The Labute approximate surface area is 279 Å². The molecule has 9 nitrogen and oxygen atoms in total. The van der Waals surface area contributed by atoms with Crippen LogP contribution in [-0.2, 0) is 20.0 Å². The maximum Gasteiger partial charge on any atom is 0.320 e. The van der Waals surface area contributed by atoms with E-state index in [0.29, 0.717) is 10.0 Å². The molecule has 0 N–H and O–H groups in total. The molecule has 0 aromatic heterocycles. The quantitative estimate of drug-likeness (QED) is 0.255. The van der Waals surface area contributed by atoms with Crippen LogP contribution in [0.4, 0.5) is 4.79 Å². The molecular formula is C33H32Cl2N4O5S2. The number of hydrogen-bond donors (Lipinski definition) is 0. The first kappa shape index (κ1) is 32.5. The number of amides is 2. The van der Waals surface area contributed by atoms with Gasteiger partial charge < -0.3 is 9.80 Å². The maximum atomic E-state index is 13.3. The second-order valence-corrected chi connectivity index (χ2v) is 15.9. The third-order valence-electron chi connectivity index (χ3n) is 8.36. The average molecular weight is 700 g/mol. The van der Waals surface area contributed by atoms with Crippen LogP contribution in [0.3, 0.4) is 0 Å². The number of hydrogen-bond acceptors (Lipinski definition) is 5. The Kier molecular flexibility index (Phi) is 9.43. The molecule has 0 radical (unpaired) electrons. The normalized spacial score (nSPS) is 16.8. The number of sulfonamides is 2. The topological polar surface area (TPSA) is 98.3 Å². The van der Waals surface area contributed by atoms with Crippen molar-refractivity contribution in [2.75, 3.05) is 52.4 Å². The van der Waals surface area contributed by atoms with E-state index < -0.39 is 20.0 Å². The van der Waals surface area contributed by atoms with Crippen LogP contribution in [0.2, 0.25) is 10.0 Å². The minimum absolute atomic E-state index is 0.174. The number of nitrogens with zero attached hydrogens (tertiary/aromatic N) is 4. The number of benzene rings is 4. The first-order valence-corrected chi connectivity index (χ1v) is 18.4. The van der Waals surface area contributed by atoms with Gasteiger partial charge in [-0.05, 0) is 70.8 Å². The number of halogens is 2. The molecule has 2 fully saturated rings. The van der Waals surface area contributed by atoms with E-state index >= 15 is 0 Å². The van der Waals surface area contributed by atoms with Crippen molar-refractivity contribution in [2.24, 2.45) is 0 Å². The summed E-state index contributed by atoms with van der Waals surface area (Å²) in [5, 5.41) is 1.26. The van der Waals surface area contributed by atoms with Gasteiger partial charge in [0.1, 0.15) is 0 Å². The molecule has 0 unspecified atom stereocenters. The number of carbonyl (C=O) groups excluding carboxylic acids is 1. The van der Waals surface area contributed by atoms with Gasteiger partial charge in [-0.15, -0.1) is 0 Å². The number of urea groups is 1. The smallest absolute Gasteiger partial charge is 0.320 e. The lowest BCUT2D eigenvalue weighted by atomic mass is 10.1. The Bertz CT molecular complexity index is 1770. The minimum Gasteiger partial charge on any atom is -0.322 e. The van der Waals surface area contributed by atoms with Gasteiger partial charge in [0.2, 0.25) is 20.0 Å². The lowest BCUT2D eigenvalue weighted by Crippen LogP contribution is -2.57. The van der Waals surface area contributed by atoms with Crippen LogP contribution in [-0.4, -0.2) is 93.6 Å². The molecule has 4 aromatic rings. The third-order valence-corrected chi connectivity index (χ3v) is 12.7. The molecule has 0 spiro atoms. The van der Waals surface area contributed by atoms with Gasteiger partial charge in [0.15, 0.2) is 0 Å². The highest BCUT2D eigenvalue weighted by atomic mass is 35.5. The standard InChI is InChI=1S/C33H32Cl2N4O5S2/c34-29-9-1-25(2-10-29)27-5-13-31(14-6-27)45(41,42)38-21-17-36(18-22-38)33(40)37-19-23-39(24-20-37)46(43,44)32-15-7-28(8-16-32)26-3-11-30(35)12-4-26/h1-16H,17-24H2. The minimum atomic E-state index is -3.73. The van der Waals surface area contributed by atoms with E-state index in [-0.39, 0.29) is 68.2 Å². The van der Waals surface area contributed by atoms with E-state index in [1.807, 2.05) is 24.3 Å². The lowest BCUT2D eigenvalue weighted by Gasteiger charge is -2.40. The average Bonchev–Trinajstić information content (AvgIpc) is 3.09. The summed E-state index contributed by atoms with van der Waals surface area (Å²) >= 11 is 11.9. The van der Waals surface area contributed by atoms with E-state index in [1.165, 1.54) is 8.61 Å². The maximum absolute atomic E-state index is 13.3. The summed E-state index contributed by atoms with van der Waals surface area (Å²) in [4.78, 5) is 17.0. The SMILES string of the molecule is O=C(N1CCN(S(=O)(=O)c2ccc(-c3ccc(Cl)cc3)cc2)CC1)N1CCN(S(=O)(=O)c2ccc(-c3ccc(Cl)cc3)cc2)CC1. The van der Waals surface area contributed by atoms with Gasteiger partial charge in [0.05, 0.1) is 9.79 Å². The summed E-state index contributed by atoms with van der Waals surface area (Å²) in [6, 6.07) is 27.9. The fraction of sp³-hybridized carbons (Fsp3) is 0.242. The first-order chi connectivity index (χ1) is 22.0. The molecule has 0 saturated carbocycles. The molecule has 0 aliphatic carbocycles. The summed E-state index contributed by atoms with van der Waals surface area (Å²) in [6.07, 6.45) is 0. The monoisotopic (exact) mass is 698 g/mol. The highest BCUT2D eigenvalue weighted by Crippen LogP contribution is 2.27. The molecule has 13 heteroatoms. The van der Waals surface area contributed by atoms with E-state index in [1.54, 1.807) is 82.6 Å². The Balaban J connectivity index is 1.01. The third kappa shape index (κ3) is 6.80. The van der Waals surface area contributed by atoms with Crippen molar-refractivity contribution < 1.29 is 21.6 Å². The van der Waals surface area contributed by atoms with Crippen LogP contribution < -0.4 is 0 Å². The van der Waals surface area contributed by atoms with Crippen molar-refractivity contribution in [3.63, 3.8) is 0 Å². The highest BCUT2D eigenvalue weighted by Gasteiger charge is 2.35. The molecule has 2 heterocycles. The van der Waals surface area contributed by atoms with Gasteiger partial charge in [-0.25, -0.2) is 21.6 Å². The molecule has 4 aromatic carbocycles. The van der Waals surface area contributed by atoms with E-state index in [4.69, 9.17) is 23.2 Å². The zero-order valence-corrected chi connectivity index (χ0v) is 27.9. The molecule has 46 heavy (non-hydrogen) atoms. The van der Waals surface area contributed by atoms with E-state index in [0.717, 1.165) is 22.3 Å². The summed E-state index contributed by atoms with van der Waals surface area (Å²) in [5.74, 6) is 0. The second-order valence-electron chi connectivity index (χ2n) is 11.1. The van der Waals surface area contributed by atoms with Gasteiger partial charge >= 0.3 is 6.03 Å². The van der Waals surface area contributed by atoms with Crippen molar-refractivity contribution >= 4 is 49.3 Å². The van der Waals surface area contributed by atoms with Crippen molar-refractivity contribution in [1.29, 1.82) is 0 Å². The van der Waals surface area contributed by atoms with E-state index in [2.05, 4.69) is 0 Å². The Morgan fingerprint density at radius 3 is 0.978 bits per heavy atom. The second kappa shape index (κ2) is 13.3. The molecule has 0 bridgehead atoms. The summed E-state index contributed by atoms with van der Waals surface area (Å²) in [6.45, 7) is 1.69. The van der Waals surface area contributed by atoms with Gasteiger partial charge in [0.25, 0.3) is 0 Å². The Hall–Kier alpha value is -3.45. The summed E-state index contributed by atoms with van der Waals surface area (Å²) in [7, 11) is -7.46.